The third-order valence-corrected chi connectivity index (χ3v) is 6.88. The van der Waals surface area contributed by atoms with Gasteiger partial charge in [-0.15, -0.1) is 0 Å². The van der Waals surface area contributed by atoms with Crippen LogP contribution in [-0.4, -0.2) is 7.11 Å². The van der Waals surface area contributed by atoms with E-state index in [1.54, 1.807) is 7.11 Å². The minimum absolute atomic E-state index is 0.127. The maximum atomic E-state index is 5.62. The Kier molecular flexibility index (Phi) is 4.60. The van der Waals surface area contributed by atoms with E-state index in [4.69, 9.17) is 4.74 Å². The molecule has 0 bridgehead atoms. The Balaban J connectivity index is 1.81. The number of anilines is 3. The first kappa shape index (κ1) is 20.6. The van der Waals surface area contributed by atoms with Crippen molar-refractivity contribution in [3.63, 3.8) is 0 Å². The van der Waals surface area contributed by atoms with E-state index >= 15 is 0 Å². The molecule has 4 aromatic rings. The van der Waals surface area contributed by atoms with Gasteiger partial charge in [0.1, 0.15) is 5.75 Å². The highest BCUT2D eigenvalue weighted by molar-refractivity contribution is 5.98. The van der Waals surface area contributed by atoms with Crippen molar-refractivity contribution >= 4 is 27.8 Å². The first-order valence-electron chi connectivity index (χ1n) is 11.3. The normalized spacial score (nSPS) is 14.8. The zero-order chi connectivity index (χ0) is 22.7. The van der Waals surface area contributed by atoms with Crippen molar-refractivity contribution in [2.75, 3.05) is 12.0 Å². The standard InChI is InChI=1S/C30H31NO/c1-29(2,3)21-12-14-22(15-13-21)31-26-18-16-23(32-6)19-25(26)30(4,5)28-24-10-8-7-9-20(24)11-17-27(28)31/h7-19H,1-6H3. The number of fused-ring (bicyclic) bond motifs is 4. The van der Waals surface area contributed by atoms with Gasteiger partial charge in [0.15, 0.2) is 0 Å². The van der Waals surface area contributed by atoms with Gasteiger partial charge < -0.3 is 9.64 Å². The Labute approximate surface area is 191 Å². The number of methoxy groups -OCH3 is 1. The molecule has 0 radical (unpaired) electrons. The van der Waals surface area contributed by atoms with Crippen molar-refractivity contribution in [3.05, 3.63) is 95.6 Å². The molecule has 5 rings (SSSR count). The average Bonchev–Trinajstić information content (AvgIpc) is 2.78. The summed E-state index contributed by atoms with van der Waals surface area (Å²) in [6.45, 7) is 11.4. The number of hydrogen-bond acceptors (Lipinski definition) is 2. The highest BCUT2D eigenvalue weighted by Gasteiger charge is 2.38. The van der Waals surface area contributed by atoms with Crippen LogP contribution in [0.2, 0.25) is 0 Å². The Morgan fingerprint density at radius 3 is 2.16 bits per heavy atom. The van der Waals surface area contributed by atoms with Gasteiger partial charge in [-0.3, -0.25) is 0 Å². The lowest BCUT2D eigenvalue weighted by Gasteiger charge is -2.43. The fraction of sp³-hybridized carbons (Fsp3) is 0.267. The summed E-state index contributed by atoms with van der Waals surface area (Å²) in [5, 5.41) is 2.58. The van der Waals surface area contributed by atoms with E-state index in [1.165, 1.54) is 44.5 Å². The molecule has 0 aromatic heterocycles. The quantitative estimate of drug-likeness (QED) is 0.323. The van der Waals surface area contributed by atoms with Crippen molar-refractivity contribution < 1.29 is 4.74 Å². The molecule has 1 aliphatic heterocycles. The predicted molar refractivity (Wildman–Crippen MR) is 136 cm³/mol. The molecule has 1 heterocycles. The largest absolute Gasteiger partial charge is 0.497 e. The lowest BCUT2D eigenvalue weighted by molar-refractivity contribution is 0.413. The van der Waals surface area contributed by atoms with Crippen LogP contribution >= 0.6 is 0 Å². The molecule has 0 N–H and O–H groups in total. The van der Waals surface area contributed by atoms with E-state index in [0.717, 1.165) is 5.75 Å². The Hall–Kier alpha value is -3.26. The fourth-order valence-corrected chi connectivity index (χ4v) is 5.09. The SMILES string of the molecule is COc1ccc2c(c1)C(C)(C)c1c(ccc3ccccc13)N2c1ccc(C(C)(C)C)cc1. The van der Waals surface area contributed by atoms with Crippen LogP contribution in [0.25, 0.3) is 10.8 Å². The van der Waals surface area contributed by atoms with Crippen molar-refractivity contribution in [1.82, 2.24) is 0 Å². The van der Waals surface area contributed by atoms with Crippen LogP contribution in [0.3, 0.4) is 0 Å². The van der Waals surface area contributed by atoms with Crippen molar-refractivity contribution in [2.24, 2.45) is 0 Å². The van der Waals surface area contributed by atoms with Gasteiger partial charge in [0.2, 0.25) is 0 Å². The zero-order valence-corrected chi connectivity index (χ0v) is 19.9. The van der Waals surface area contributed by atoms with Gasteiger partial charge in [-0.25, -0.2) is 0 Å². The molecule has 0 fully saturated rings. The summed E-state index contributed by atoms with van der Waals surface area (Å²) in [6, 6.07) is 28.7. The number of nitrogens with zero attached hydrogens (tertiary/aromatic N) is 1. The molecule has 0 aliphatic carbocycles. The molecule has 0 atom stereocenters. The summed E-state index contributed by atoms with van der Waals surface area (Å²) in [7, 11) is 1.74. The third-order valence-electron chi connectivity index (χ3n) is 6.88. The van der Waals surface area contributed by atoms with Crippen LogP contribution in [0.5, 0.6) is 5.75 Å². The average molecular weight is 422 g/mol. The summed E-state index contributed by atoms with van der Waals surface area (Å²) in [6.07, 6.45) is 0. The fourth-order valence-electron chi connectivity index (χ4n) is 5.09. The van der Waals surface area contributed by atoms with Gasteiger partial charge in [0.05, 0.1) is 18.5 Å². The maximum absolute atomic E-state index is 5.62. The van der Waals surface area contributed by atoms with Crippen molar-refractivity contribution in [2.45, 2.75) is 45.4 Å². The van der Waals surface area contributed by atoms with Crippen LogP contribution in [0, 0.1) is 0 Å². The molecule has 0 spiro atoms. The molecule has 2 nitrogen and oxygen atoms in total. The van der Waals surface area contributed by atoms with Crippen LogP contribution in [0.4, 0.5) is 17.1 Å². The highest BCUT2D eigenvalue weighted by atomic mass is 16.5. The third kappa shape index (κ3) is 3.09. The summed E-state index contributed by atoms with van der Waals surface area (Å²) < 4.78 is 5.62. The Morgan fingerprint density at radius 2 is 1.47 bits per heavy atom. The molecule has 32 heavy (non-hydrogen) atoms. The molecule has 4 aromatic carbocycles. The minimum Gasteiger partial charge on any atom is -0.497 e. The second-order valence-electron chi connectivity index (χ2n) is 10.3. The summed E-state index contributed by atoms with van der Waals surface area (Å²) in [5.41, 5.74) is 7.57. The topological polar surface area (TPSA) is 12.5 Å². The predicted octanol–water partition coefficient (Wildman–Crippen LogP) is 8.26. The van der Waals surface area contributed by atoms with Crippen LogP contribution in [0.1, 0.15) is 51.3 Å². The summed E-state index contributed by atoms with van der Waals surface area (Å²) in [5.74, 6) is 0.892. The van der Waals surface area contributed by atoms with Gasteiger partial charge in [-0.1, -0.05) is 77.1 Å². The second-order valence-corrected chi connectivity index (χ2v) is 10.3. The lowest BCUT2D eigenvalue weighted by Crippen LogP contribution is -2.31. The number of rotatable bonds is 2. The lowest BCUT2D eigenvalue weighted by atomic mass is 9.71. The smallest absolute Gasteiger partial charge is 0.119 e. The molecule has 0 saturated heterocycles. The van der Waals surface area contributed by atoms with Crippen LogP contribution < -0.4 is 9.64 Å². The van der Waals surface area contributed by atoms with Gasteiger partial charge in [0.25, 0.3) is 0 Å². The molecule has 0 unspecified atom stereocenters. The minimum atomic E-state index is -0.165. The van der Waals surface area contributed by atoms with E-state index in [-0.39, 0.29) is 10.8 Å². The van der Waals surface area contributed by atoms with Crippen molar-refractivity contribution in [1.29, 1.82) is 0 Å². The van der Waals surface area contributed by atoms with Gasteiger partial charge in [0, 0.05) is 11.1 Å². The first-order chi connectivity index (χ1) is 15.2. The number of ether oxygens (including phenoxy) is 1. The molecule has 0 amide bonds. The molecule has 162 valence electrons. The zero-order valence-electron chi connectivity index (χ0n) is 19.9. The molecule has 0 saturated carbocycles. The highest BCUT2D eigenvalue weighted by Crippen LogP contribution is 2.54. The van der Waals surface area contributed by atoms with E-state index in [1.807, 2.05) is 0 Å². The van der Waals surface area contributed by atoms with Gasteiger partial charge in [-0.05, 0) is 69.3 Å². The van der Waals surface area contributed by atoms with Crippen molar-refractivity contribution in [3.8, 4) is 5.75 Å². The van der Waals surface area contributed by atoms with Crippen LogP contribution in [-0.2, 0) is 10.8 Å². The van der Waals surface area contributed by atoms with E-state index in [2.05, 4.69) is 118 Å². The monoisotopic (exact) mass is 421 g/mol. The number of hydrogen-bond donors (Lipinski definition) is 0. The van der Waals surface area contributed by atoms with Crippen LogP contribution in [0.15, 0.2) is 78.9 Å². The summed E-state index contributed by atoms with van der Waals surface area (Å²) in [4.78, 5) is 2.41. The van der Waals surface area contributed by atoms with E-state index in [0.29, 0.717) is 0 Å². The Morgan fingerprint density at radius 1 is 0.781 bits per heavy atom. The first-order valence-corrected chi connectivity index (χ1v) is 11.3. The second kappa shape index (κ2) is 7.13. The summed E-state index contributed by atoms with van der Waals surface area (Å²) >= 11 is 0. The van der Waals surface area contributed by atoms with E-state index < -0.39 is 0 Å². The molecular formula is C30H31NO. The van der Waals surface area contributed by atoms with Gasteiger partial charge in [-0.2, -0.15) is 0 Å². The Bertz CT molecular complexity index is 1310. The van der Waals surface area contributed by atoms with Gasteiger partial charge >= 0.3 is 0 Å². The maximum Gasteiger partial charge on any atom is 0.119 e. The van der Waals surface area contributed by atoms with E-state index in [9.17, 15) is 0 Å². The molecular weight excluding hydrogens is 390 g/mol. The molecule has 1 aliphatic rings. The molecule has 2 heteroatoms. The number of benzene rings is 4.